The third-order valence-electron chi connectivity index (χ3n) is 5.41. The molecule has 10 heteroatoms. The highest BCUT2D eigenvalue weighted by Crippen LogP contribution is 2.34. The van der Waals surface area contributed by atoms with Gasteiger partial charge in [0.05, 0.1) is 22.4 Å². The monoisotopic (exact) mass is 453 g/mol. The largest absolute Gasteiger partial charge is 0.360 e. The molecule has 1 aliphatic heterocycles. The maximum Gasteiger partial charge on any atom is 0.259 e. The van der Waals surface area contributed by atoms with Gasteiger partial charge in [-0.15, -0.1) is 0 Å². The lowest BCUT2D eigenvalue weighted by atomic mass is 10.1. The van der Waals surface area contributed by atoms with Crippen LogP contribution in [0.4, 0.5) is 9.52 Å². The standard InChI is InChI=1S/C20H24FN3O4S2/c1-24-10-8-14(9-11-24)28-18(19(25)23-20-22-12-17(21)29-20)13-2-4-15(5-3-13)30(26,27)16-6-7-16/h2-5,12,14,16,18H,6-11H2,1H3,(H,22,23,25). The van der Waals surface area contributed by atoms with Gasteiger partial charge in [0.25, 0.3) is 5.91 Å². The van der Waals surface area contributed by atoms with E-state index in [9.17, 15) is 17.6 Å². The Morgan fingerprint density at radius 3 is 2.47 bits per heavy atom. The smallest absolute Gasteiger partial charge is 0.259 e. The molecule has 2 aliphatic rings. The number of benzene rings is 1. The first-order valence-corrected chi connectivity index (χ1v) is 12.3. The molecule has 2 aromatic rings. The zero-order chi connectivity index (χ0) is 21.3. The molecule has 1 unspecified atom stereocenters. The summed E-state index contributed by atoms with van der Waals surface area (Å²) in [6.07, 6.45) is 2.98. The molecule has 0 spiro atoms. The molecule has 1 saturated carbocycles. The Balaban J connectivity index is 1.54. The van der Waals surface area contributed by atoms with Gasteiger partial charge in [0, 0.05) is 13.1 Å². The number of ether oxygens (including phenoxy) is 1. The van der Waals surface area contributed by atoms with Crippen LogP contribution in [0.5, 0.6) is 0 Å². The van der Waals surface area contributed by atoms with Crippen LogP contribution in [0.2, 0.25) is 0 Å². The highest BCUT2D eigenvalue weighted by molar-refractivity contribution is 7.92. The number of nitrogens with zero attached hydrogens (tertiary/aromatic N) is 2. The molecule has 1 N–H and O–H groups in total. The number of piperidine rings is 1. The topological polar surface area (TPSA) is 88.6 Å². The molecular formula is C20H24FN3O4S2. The van der Waals surface area contributed by atoms with Crippen LogP contribution in [0, 0.1) is 5.13 Å². The van der Waals surface area contributed by atoms with E-state index < -0.39 is 27.0 Å². The van der Waals surface area contributed by atoms with Crippen LogP contribution in [0.15, 0.2) is 35.4 Å². The number of aromatic nitrogens is 1. The molecule has 4 rings (SSSR count). The highest BCUT2D eigenvalue weighted by Gasteiger charge is 2.37. The number of sulfone groups is 1. The Morgan fingerprint density at radius 2 is 1.90 bits per heavy atom. The molecule has 1 aromatic carbocycles. The molecule has 30 heavy (non-hydrogen) atoms. The third kappa shape index (κ3) is 4.88. The molecule has 162 valence electrons. The van der Waals surface area contributed by atoms with E-state index in [1.54, 1.807) is 12.1 Å². The molecule has 1 atom stereocenters. The molecule has 1 aliphatic carbocycles. The van der Waals surface area contributed by atoms with Gasteiger partial charge in [0.2, 0.25) is 0 Å². The minimum absolute atomic E-state index is 0.0974. The van der Waals surface area contributed by atoms with Gasteiger partial charge >= 0.3 is 0 Å². The summed E-state index contributed by atoms with van der Waals surface area (Å²) in [7, 11) is -1.27. The Labute approximate surface area is 179 Å². The summed E-state index contributed by atoms with van der Waals surface area (Å²) >= 11 is 0.740. The molecule has 1 saturated heterocycles. The molecular weight excluding hydrogens is 429 g/mol. The minimum atomic E-state index is -3.30. The summed E-state index contributed by atoms with van der Waals surface area (Å²) in [5.41, 5.74) is 0.554. The van der Waals surface area contributed by atoms with Crippen molar-refractivity contribution in [3.8, 4) is 0 Å². The normalized spacial score (nSPS) is 19.5. The van der Waals surface area contributed by atoms with E-state index in [4.69, 9.17) is 4.74 Å². The Bertz CT molecular complexity index is 997. The van der Waals surface area contributed by atoms with Crippen LogP contribution in [-0.4, -0.2) is 55.7 Å². The van der Waals surface area contributed by atoms with Crippen LogP contribution >= 0.6 is 11.3 Å². The van der Waals surface area contributed by atoms with Gasteiger partial charge in [0.15, 0.2) is 26.2 Å². The second-order valence-electron chi connectivity index (χ2n) is 7.79. The predicted molar refractivity (Wildman–Crippen MR) is 112 cm³/mol. The zero-order valence-electron chi connectivity index (χ0n) is 16.6. The van der Waals surface area contributed by atoms with Gasteiger partial charge < -0.3 is 9.64 Å². The number of thiazole rings is 1. The van der Waals surface area contributed by atoms with Gasteiger partial charge in [0.1, 0.15) is 0 Å². The Kier molecular flexibility index (Phi) is 6.19. The van der Waals surface area contributed by atoms with Gasteiger partial charge in [-0.2, -0.15) is 4.39 Å². The van der Waals surface area contributed by atoms with E-state index in [0.29, 0.717) is 18.4 Å². The van der Waals surface area contributed by atoms with Crippen molar-refractivity contribution in [1.82, 2.24) is 9.88 Å². The van der Waals surface area contributed by atoms with Gasteiger partial charge in [-0.05, 0) is 50.4 Å². The number of carbonyl (C=O) groups excluding carboxylic acids is 1. The first kappa shape index (κ1) is 21.4. The number of amides is 1. The predicted octanol–water partition coefficient (Wildman–Crippen LogP) is 3.01. The van der Waals surface area contributed by atoms with Crippen molar-refractivity contribution in [2.45, 2.75) is 48.0 Å². The summed E-state index contributed by atoms with van der Waals surface area (Å²) in [6, 6.07) is 6.31. The van der Waals surface area contributed by atoms with E-state index >= 15 is 0 Å². The highest BCUT2D eigenvalue weighted by atomic mass is 32.2. The number of hydrogen-bond acceptors (Lipinski definition) is 7. The van der Waals surface area contributed by atoms with E-state index in [0.717, 1.165) is 43.5 Å². The number of halogens is 1. The summed E-state index contributed by atoms with van der Waals surface area (Å²) in [6.45, 7) is 1.74. The average molecular weight is 454 g/mol. The maximum atomic E-state index is 13.2. The van der Waals surface area contributed by atoms with Gasteiger partial charge in [-0.3, -0.25) is 10.1 Å². The summed E-state index contributed by atoms with van der Waals surface area (Å²) in [5, 5.41) is 1.98. The summed E-state index contributed by atoms with van der Waals surface area (Å²) in [5.74, 6) is -0.457. The van der Waals surface area contributed by atoms with Crippen LogP contribution in [0.1, 0.15) is 37.4 Å². The molecule has 0 bridgehead atoms. The number of anilines is 1. The van der Waals surface area contributed by atoms with Crippen LogP contribution in [-0.2, 0) is 19.4 Å². The molecule has 2 heterocycles. The second kappa shape index (κ2) is 8.70. The summed E-state index contributed by atoms with van der Waals surface area (Å²) < 4.78 is 44.3. The van der Waals surface area contributed by atoms with Crippen molar-refractivity contribution >= 4 is 32.2 Å². The first-order chi connectivity index (χ1) is 14.3. The minimum Gasteiger partial charge on any atom is -0.360 e. The lowest BCUT2D eigenvalue weighted by molar-refractivity contribution is -0.134. The lowest BCUT2D eigenvalue weighted by Gasteiger charge is -2.31. The zero-order valence-corrected chi connectivity index (χ0v) is 18.2. The van der Waals surface area contributed by atoms with Crippen molar-refractivity contribution in [2.75, 3.05) is 25.5 Å². The fourth-order valence-electron chi connectivity index (χ4n) is 3.49. The number of rotatable bonds is 7. The Hall–Kier alpha value is -1.88. The van der Waals surface area contributed by atoms with E-state index in [1.165, 1.54) is 12.1 Å². The van der Waals surface area contributed by atoms with E-state index in [2.05, 4.69) is 15.2 Å². The SMILES string of the molecule is CN1CCC(OC(C(=O)Nc2ncc(F)s2)c2ccc(S(=O)(=O)C3CC3)cc2)CC1. The van der Waals surface area contributed by atoms with Crippen molar-refractivity contribution in [2.24, 2.45) is 0 Å². The van der Waals surface area contributed by atoms with Gasteiger partial charge in [-0.1, -0.05) is 23.5 Å². The van der Waals surface area contributed by atoms with Crippen LogP contribution in [0.25, 0.3) is 0 Å². The quantitative estimate of drug-likeness (QED) is 0.693. The van der Waals surface area contributed by atoms with Crippen molar-refractivity contribution in [3.05, 3.63) is 41.2 Å². The molecule has 1 aromatic heterocycles. The number of carbonyl (C=O) groups is 1. The third-order valence-corrected chi connectivity index (χ3v) is 8.39. The second-order valence-corrected chi connectivity index (χ2v) is 11.0. The number of nitrogens with one attached hydrogen (secondary N) is 1. The van der Waals surface area contributed by atoms with Crippen LogP contribution < -0.4 is 5.32 Å². The average Bonchev–Trinajstić information content (AvgIpc) is 3.51. The maximum absolute atomic E-state index is 13.2. The summed E-state index contributed by atoms with van der Waals surface area (Å²) in [4.78, 5) is 19.2. The van der Waals surface area contributed by atoms with Crippen molar-refractivity contribution in [1.29, 1.82) is 0 Å². The molecule has 0 radical (unpaired) electrons. The number of likely N-dealkylation sites (tertiary alicyclic amines) is 1. The van der Waals surface area contributed by atoms with Crippen LogP contribution in [0.3, 0.4) is 0 Å². The van der Waals surface area contributed by atoms with Gasteiger partial charge in [-0.25, -0.2) is 13.4 Å². The molecule has 2 fully saturated rings. The number of hydrogen-bond donors (Lipinski definition) is 1. The molecule has 7 nitrogen and oxygen atoms in total. The fourth-order valence-corrected chi connectivity index (χ4v) is 5.70. The van der Waals surface area contributed by atoms with E-state index in [-0.39, 0.29) is 21.4 Å². The first-order valence-electron chi connectivity index (χ1n) is 9.93. The lowest BCUT2D eigenvalue weighted by Crippen LogP contribution is -2.36. The molecule has 1 amide bonds. The van der Waals surface area contributed by atoms with Crippen molar-refractivity contribution in [3.63, 3.8) is 0 Å². The fraction of sp³-hybridized carbons (Fsp3) is 0.500. The van der Waals surface area contributed by atoms with E-state index in [1.807, 2.05) is 7.05 Å². The van der Waals surface area contributed by atoms with Crippen molar-refractivity contribution < 1.29 is 22.3 Å². The Morgan fingerprint density at radius 1 is 1.23 bits per heavy atom.